The third-order valence-corrected chi connectivity index (χ3v) is 7.49. The van der Waals surface area contributed by atoms with Gasteiger partial charge in [-0.1, -0.05) is 18.6 Å². The number of aromatic amines is 1. The van der Waals surface area contributed by atoms with E-state index in [1.54, 1.807) is 46.8 Å². The molecule has 1 aromatic heterocycles. The zero-order chi connectivity index (χ0) is 22.0. The first-order valence-electron chi connectivity index (χ1n) is 10.1. The summed E-state index contributed by atoms with van der Waals surface area (Å²) < 4.78 is 27.4. The maximum absolute atomic E-state index is 12.9. The highest BCUT2D eigenvalue weighted by Crippen LogP contribution is 2.28. The van der Waals surface area contributed by atoms with Crippen molar-refractivity contribution in [1.82, 2.24) is 14.5 Å². The second-order valence-electron chi connectivity index (χ2n) is 7.62. The van der Waals surface area contributed by atoms with Crippen LogP contribution >= 0.6 is 0 Å². The van der Waals surface area contributed by atoms with E-state index in [4.69, 9.17) is 0 Å². The maximum atomic E-state index is 12.9. The number of phenols is 1. The van der Waals surface area contributed by atoms with Gasteiger partial charge in [-0.05, 0) is 62.2 Å². The molecule has 4 rings (SSSR count). The fraction of sp³-hybridized carbons (Fsp3) is 0.273. The van der Waals surface area contributed by atoms with Crippen LogP contribution < -0.4 is 5.32 Å². The molecule has 1 atom stereocenters. The number of aromatic nitrogens is 2. The van der Waals surface area contributed by atoms with Gasteiger partial charge in [-0.2, -0.15) is 9.40 Å². The number of carbonyl (C=O) groups is 1. The van der Waals surface area contributed by atoms with E-state index in [9.17, 15) is 18.3 Å². The van der Waals surface area contributed by atoms with Crippen LogP contribution in [0.5, 0.6) is 5.75 Å². The molecule has 2 aromatic carbocycles. The van der Waals surface area contributed by atoms with Crippen LogP contribution in [0.3, 0.4) is 0 Å². The first-order valence-corrected chi connectivity index (χ1v) is 11.6. The topological polar surface area (TPSA) is 115 Å². The van der Waals surface area contributed by atoms with Gasteiger partial charge in [-0.3, -0.25) is 9.89 Å². The molecule has 1 saturated heterocycles. The molecule has 1 aliphatic heterocycles. The Morgan fingerprint density at radius 3 is 2.61 bits per heavy atom. The van der Waals surface area contributed by atoms with Crippen molar-refractivity contribution in [3.05, 3.63) is 60.3 Å². The molecule has 1 fully saturated rings. The smallest absolute Gasteiger partial charge is 0.273 e. The molecule has 0 spiro atoms. The first kappa shape index (κ1) is 21.1. The Hall–Kier alpha value is -3.17. The highest BCUT2D eigenvalue weighted by atomic mass is 32.2. The highest BCUT2D eigenvalue weighted by molar-refractivity contribution is 7.89. The number of nitrogens with one attached hydrogen (secondary N) is 2. The molecule has 8 nitrogen and oxygen atoms in total. The average Bonchev–Trinajstić information content (AvgIpc) is 3.25. The molecule has 1 aliphatic rings. The fourth-order valence-electron chi connectivity index (χ4n) is 3.74. The van der Waals surface area contributed by atoms with Crippen molar-refractivity contribution < 1.29 is 18.3 Å². The number of piperidine rings is 1. The van der Waals surface area contributed by atoms with E-state index in [2.05, 4.69) is 15.5 Å². The quantitative estimate of drug-likeness (QED) is 0.561. The second kappa shape index (κ2) is 8.52. The molecule has 1 unspecified atom stereocenters. The number of amides is 1. The Morgan fingerprint density at radius 1 is 1.16 bits per heavy atom. The van der Waals surface area contributed by atoms with Crippen molar-refractivity contribution in [2.45, 2.75) is 37.1 Å². The lowest BCUT2D eigenvalue weighted by Crippen LogP contribution is -2.41. The number of anilines is 1. The standard InChI is InChI=1S/C22H24N4O4S/c1-15-6-4-5-13-26(15)31(29,30)17-11-9-16(10-12-17)23-22(28)20-14-19(24-25-20)18-7-2-3-8-21(18)27/h2-3,7-12,14-15,27H,4-6,13H2,1H3,(H,23,28)(H,24,25). The highest BCUT2D eigenvalue weighted by Gasteiger charge is 2.30. The number of benzene rings is 2. The molecule has 0 aliphatic carbocycles. The van der Waals surface area contributed by atoms with E-state index in [1.807, 2.05) is 6.92 Å². The molecule has 3 N–H and O–H groups in total. The number of carbonyl (C=O) groups excluding carboxylic acids is 1. The molecule has 2 heterocycles. The zero-order valence-corrected chi connectivity index (χ0v) is 17.9. The van der Waals surface area contributed by atoms with Gasteiger partial charge in [0.1, 0.15) is 11.4 Å². The Labute approximate surface area is 181 Å². The van der Waals surface area contributed by atoms with Crippen LogP contribution in [0.15, 0.2) is 59.5 Å². The minimum Gasteiger partial charge on any atom is -0.507 e. The van der Waals surface area contributed by atoms with E-state index in [0.29, 0.717) is 23.5 Å². The Morgan fingerprint density at radius 2 is 1.90 bits per heavy atom. The number of para-hydroxylation sites is 1. The molecule has 1 amide bonds. The molecule has 9 heteroatoms. The third-order valence-electron chi connectivity index (χ3n) is 5.46. The van der Waals surface area contributed by atoms with Gasteiger partial charge in [0, 0.05) is 23.8 Å². The van der Waals surface area contributed by atoms with Crippen LogP contribution in [-0.4, -0.2) is 46.5 Å². The van der Waals surface area contributed by atoms with E-state index in [1.165, 1.54) is 12.1 Å². The summed E-state index contributed by atoms with van der Waals surface area (Å²) in [7, 11) is -3.56. The number of phenolic OH excluding ortho intramolecular Hbond substituents is 1. The molecule has 31 heavy (non-hydrogen) atoms. The predicted molar refractivity (Wildman–Crippen MR) is 117 cm³/mol. The lowest BCUT2D eigenvalue weighted by molar-refractivity contribution is 0.102. The van der Waals surface area contributed by atoms with E-state index >= 15 is 0 Å². The van der Waals surface area contributed by atoms with Gasteiger partial charge in [0.2, 0.25) is 10.0 Å². The van der Waals surface area contributed by atoms with Crippen LogP contribution in [0.4, 0.5) is 5.69 Å². The minimum absolute atomic E-state index is 0.0169. The summed E-state index contributed by atoms with van der Waals surface area (Å²) in [6.07, 6.45) is 2.77. The molecule has 0 radical (unpaired) electrons. The van der Waals surface area contributed by atoms with E-state index in [0.717, 1.165) is 19.3 Å². The van der Waals surface area contributed by atoms with E-state index in [-0.39, 0.29) is 22.4 Å². The summed E-state index contributed by atoms with van der Waals surface area (Å²) in [4.78, 5) is 12.8. The fourth-order valence-corrected chi connectivity index (χ4v) is 5.44. The summed E-state index contributed by atoms with van der Waals surface area (Å²) in [5, 5.41) is 19.4. The Balaban J connectivity index is 1.47. The van der Waals surface area contributed by atoms with Crippen LogP contribution in [0.1, 0.15) is 36.7 Å². The Bertz CT molecular complexity index is 1190. The van der Waals surface area contributed by atoms with Crippen molar-refractivity contribution in [2.24, 2.45) is 0 Å². The minimum atomic E-state index is -3.56. The lowest BCUT2D eigenvalue weighted by atomic mass is 10.1. The van der Waals surface area contributed by atoms with Crippen LogP contribution in [-0.2, 0) is 10.0 Å². The largest absolute Gasteiger partial charge is 0.507 e. The summed E-state index contributed by atoms with van der Waals surface area (Å²) in [5.41, 5.74) is 1.64. The third kappa shape index (κ3) is 4.33. The van der Waals surface area contributed by atoms with Crippen molar-refractivity contribution in [3.63, 3.8) is 0 Å². The number of rotatable bonds is 5. The van der Waals surface area contributed by atoms with E-state index < -0.39 is 15.9 Å². The molecular formula is C22H24N4O4S. The summed E-state index contributed by atoms with van der Waals surface area (Å²) in [5.74, 6) is -0.352. The van der Waals surface area contributed by atoms with Crippen LogP contribution in [0.25, 0.3) is 11.3 Å². The van der Waals surface area contributed by atoms with Gasteiger partial charge >= 0.3 is 0 Å². The second-order valence-corrected chi connectivity index (χ2v) is 9.51. The number of H-pyrrole nitrogens is 1. The van der Waals surface area contributed by atoms with Gasteiger partial charge in [0.05, 0.1) is 10.6 Å². The molecule has 0 bridgehead atoms. The van der Waals surface area contributed by atoms with Crippen molar-refractivity contribution in [1.29, 1.82) is 0 Å². The molecule has 162 valence electrons. The summed E-state index contributed by atoms with van der Waals surface area (Å²) >= 11 is 0. The first-order chi connectivity index (χ1) is 14.9. The van der Waals surface area contributed by atoms with Crippen LogP contribution in [0.2, 0.25) is 0 Å². The van der Waals surface area contributed by atoms with Gasteiger partial charge in [0.25, 0.3) is 5.91 Å². The number of nitrogens with zero attached hydrogens (tertiary/aromatic N) is 2. The van der Waals surface area contributed by atoms with Crippen molar-refractivity contribution in [3.8, 4) is 17.0 Å². The normalized spacial score (nSPS) is 17.4. The summed E-state index contributed by atoms with van der Waals surface area (Å²) in [6, 6.07) is 14.4. The SMILES string of the molecule is CC1CCCCN1S(=O)(=O)c1ccc(NC(=O)c2cc(-c3ccccc3O)n[nH]2)cc1. The zero-order valence-electron chi connectivity index (χ0n) is 17.1. The lowest BCUT2D eigenvalue weighted by Gasteiger charge is -2.32. The number of sulfonamides is 1. The Kier molecular flexibility index (Phi) is 5.79. The molecule has 3 aromatic rings. The van der Waals surface area contributed by atoms with Gasteiger partial charge in [-0.15, -0.1) is 0 Å². The summed E-state index contributed by atoms with van der Waals surface area (Å²) in [6.45, 7) is 2.46. The average molecular weight is 441 g/mol. The van der Waals surface area contributed by atoms with Gasteiger partial charge in [0.15, 0.2) is 0 Å². The number of hydrogen-bond acceptors (Lipinski definition) is 5. The number of aromatic hydroxyl groups is 1. The number of hydrogen-bond donors (Lipinski definition) is 3. The van der Waals surface area contributed by atoms with Gasteiger partial charge < -0.3 is 10.4 Å². The molecule has 0 saturated carbocycles. The van der Waals surface area contributed by atoms with Crippen molar-refractivity contribution in [2.75, 3.05) is 11.9 Å². The van der Waals surface area contributed by atoms with Gasteiger partial charge in [-0.25, -0.2) is 8.42 Å². The maximum Gasteiger partial charge on any atom is 0.273 e. The molecular weight excluding hydrogens is 416 g/mol. The van der Waals surface area contributed by atoms with Crippen LogP contribution in [0, 0.1) is 0 Å². The predicted octanol–water partition coefficient (Wildman–Crippen LogP) is 3.60. The monoisotopic (exact) mass is 440 g/mol. The van der Waals surface area contributed by atoms with Crippen molar-refractivity contribution >= 4 is 21.6 Å².